The molecule has 0 aliphatic carbocycles. The molecule has 5 nitrogen and oxygen atoms in total. The summed E-state index contributed by atoms with van der Waals surface area (Å²) in [6.45, 7) is 8.25. The van der Waals surface area contributed by atoms with Crippen molar-refractivity contribution < 1.29 is 8.91 Å². The highest BCUT2D eigenvalue weighted by Crippen LogP contribution is 2.39. The fraction of sp³-hybridized carbons (Fsp3) is 0.179. The Hall–Kier alpha value is -3.84. The Morgan fingerprint density at radius 1 is 0.943 bits per heavy atom. The standard InChI is InChI=1S/C28H25FN4OS/c1-16-6-5-7-23(14-16)33-19(4)24(25(30-28(33)35)21-9-8-17(2)18(3)15-21)27-31-26(32-34-27)20-10-12-22(29)13-11-20/h5-15,25H,1-4H3,(H,30,35). The van der Waals surface area contributed by atoms with Gasteiger partial charge >= 0.3 is 0 Å². The topological polar surface area (TPSA) is 54.2 Å². The first-order valence-corrected chi connectivity index (χ1v) is 11.8. The van der Waals surface area contributed by atoms with Crippen molar-refractivity contribution in [1.82, 2.24) is 15.5 Å². The summed E-state index contributed by atoms with van der Waals surface area (Å²) in [6.07, 6.45) is 0. The van der Waals surface area contributed by atoms with Crippen LogP contribution in [-0.2, 0) is 0 Å². The van der Waals surface area contributed by atoms with Crippen LogP contribution in [0.2, 0.25) is 0 Å². The zero-order valence-electron chi connectivity index (χ0n) is 20.0. The molecular weight excluding hydrogens is 459 g/mol. The van der Waals surface area contributed by atoms with Crippen LogP contribution in [0, 0.1) is 26.6 Å². The number of nitrogens with one attached hydrogen (secondary N) is 1. The van der Waals surface area contributed by atoms with Crippen molar-refractivity contribution in [3.63, 3.8) is 0 Å². The summed E-state index contributed by atoms with van der Waals surface area (Å²) in [6, 6.07) is 20.3. The van der Waals surface area contributed by atoms with E-state index in [1.165, 1.54) is 23.3 Å². The molecule has 0 fully saturated rings. The van der Waals surface area contributed by atoms with Gasteiger partial charge in [0.25, 0.3) is 5.89 Å². The first kappa shape index (κ1) is 22.9. The van der Waals surface area contributed by atoms with Gasteiger partial charge in [-0.1, -0.05) is 35.5 Å². The zero-order chi connectivity index (χ0) is 24.7. The van der Waals surface area contributed by atoms with E-state index in [4.69, 9.17) is 21.7 Å². The third kappa shape index (κ3) is 4.35. The van der Waals surface area contributed by atoms with Crippen molar-refractivity contribution in [2.45, 2.75) is 33.7 Å². The second-order valence-corrected chi connectivity index (χ2v) is 9.22. The van der Waals surface area contributed by atoms with Crippen LogP contribution >= 0.6 is 12.2 Å². The fourth-order valence-electron chi connectivity index (χ4n) is 4.34. The summed E-state index contributed by atoms with van der Waals surface area (Å²) in [4.78, 5) is 6.70. The minimum atomic E-state index is -0.315. The summed E-state index contributed by atoms with van der Waals surface area (Å²) in [5.41, 5.74) is 7.95. The van der Waals surface area contributed by atoms with Crippen LogP contribution in [0.4, 0.5) is 10.1 Å². The van der Waals surface area contributed by atoms with Crippen molar-refractivity contribution in [1.29, 1.82) is 0 Å². The molecule has 0 saturated heterocycles. The molecule has 7 heteroatoms. The SMILES string of the molecule is CC1=C(c2nc(-c3ccc(F)cc3)no2)C(c2ccc(C)c(C)c2)NC(=S)N1c1cccc(C)c1. The van der Waals surface area contributed by atoms with E-state index in [0.717, 1.165) is 28.1 Å². The molecule has 2 heterocycles. The number of benzene rings is 3. The molecule has 176 valence electrons. The number of anilines is 1. The summed E-state index contributed by atoms with van der Waals surface area (Å²) in [5, 5.41) is 8.30. The van der Waals surface area contributed by atoms with E-state index in [2.05, 4.69) is 61.6 Å². The second-order valence-electron chi connectivity index (χ2n) is 8.83. The Bertz CT molecular complexity index is 1460. The number of rotatable bonds is 4. The van der Waals surface area contributed by atoms with Gasteiger partial charge in [-0.2, -0.15) is 4.98 Å². The summed E-state index contributed by atoms with van der Waals surface area (Å²) < 4.78 is 19.2. The van der Waals surface area contributed by atoms with Gasteiger partial charge in [-0.25, -0.2) is 4.39 Å². The van der Waals surface area contributed by atoms with Gasteiger partial charge in [0.15, 0.2) is 5.11 Å². The number of nitrogens with zero attached hydrogens (tertiary/aromatic N) is 3. The highest BCUT2D eigenvalue weighted by atomic mass is 32.1. The predicted molar refractivity (Wildman–Crippen MR) is 140 cm³/mol. The molecule has 1 unspecified atom stereocenters. The number of thiocarbonyl (C=S) groups is 1. The third-order valence-electron chi connectivity index (χ3n) is 6.37. The summed E-state index contributed by atoms with van der Waals surface area (Å²) >= 11 is 5.84. The van der Waals surface area contributed by atoms with Gasteiger partial charge < -0.3 is 9.84 Å². The molecule has 1 aliphatic heterocycles. The first-order valence-electron chi connectivity index (χ1n) is 11.4. The molecule has 4 aromatic rings. The molecule has 3 aromatic carbocycles. The van der Waals surface area contributed by atoms with E-state index < -0.39 is 0 Å². The number of hydrogen-bond donors (Lipinski definition) is 1. The van der Waals surface area contributed by atoms with Crippen molar-refractivity contribution in [3.8, 4) is 11.4 Å². The van der Waals surface area contributed by atoms with E-state index in [1.54, 1.807) is 12.1 Å². The Balaban J connectivity index is 1.67. The van der Waals surface area contributed by atoms with Crippen LogP contribution in [-0.4, -0.2) is 15.3 Å². The van der Waals surface area contributed by atoms with Crippen LogP contribution in [0.25, 0.3) is 17.0 Å². The van der Waals surface area contributed by atoms with Gasteiger partial charge in [-0.15, -0.1) is 0 Å². The molecule has 0 bridgehead atoms. The molecule has 0 radical (unpaired) electrons. The average molecular weight is 485 g/mol. The molecule has 1 N–H and O–H groups in total. The minimum Gasteiger partial charge on any atom is -0.351 e. The quantitative estimate of drug-likeness (QED) is 0.327. The maximum Gasteiger partial charge on any atom is 0.258 e. The van der Waals surface area contributed by atoms with Crippen molar-refractivity contribution in [2.24, 2.45) is 0 Å². The molecule has 1 atom stereocenters. The number of allylic oxidation sites excluding steroid dienone is 1. The maximum atomic E-state index is 13.4. The molecule has 0 saturated carbocycles. The second kappa shape index (κ2) is 9.07. The number of aryl methyl sites for hydroxylation is 3. The molecule has 0 spiro atoms. The van der Waals surface area contributed by atoms with Crippen molar-refractivity contribution in [3.05, 3.63) is 106 Å². The van der Waals surface area contributed by atoms with Crippen LogP contribution < -0.4 is 10.2 Å². The smallest absolute Gasteiger partial charge is 0.258 e. The maximum absolute atomic E-state index is 13.4. The number of halogens is 1. The minimum absolute atomic E-state index is 0.274. The summed E-state index contributed by atoms with van der Waals surface area (Å²) in [7, 11) is 0. The molecular formula is C28H25FN4OS. The Kier molecular flexibility index (Phi) is 5.94. The van der Waals surface area contributed by atoms with Crippen LogP contribution in [0.15, 0.2) is 77.0 Å². The Morgan fingerprint density at radius 3 is 2.43 bits per heavy atom. The largest absolute Gasteiger partial charge is 0.351 e. The van der Waals surface area contributed by atoms with Gasteiger partial charge in [0, 0.05) is 16.9 Å². The van der Waals surface area contributed by atoms with Crippen LogP contribution in [0.1, 0.15) is 41.1 Å². The first-order chi connectivity index (χ1) is 16.8. The molecule has 35 heavy (non-hydrogen) atoms. The van der Waals surface area contributed by atoms with Gasteiger partial charge in [0.05, 0.1) is 11.6 Å². The van der Waals surface area contributed by atoms with Crippen LogP contribution in [0.5, 0.6) is 0 Å². The molecule has 5 rings (SSSR count). The van der Waals surface area contributed by atoms with E-state index in [0.29, 0.717) is 22.4 Å². The summed E-state index contributed by atoms with van der Waals surface area (Å²) in [5.74, 6) is 0.469. The zero-order valence-corrected chi connectivity index (χ0v) is 20.8. The van der Waals surface area contributed by atoms with E-state index >= 15 is 0 Å². The van der Waals surface area contributed by atoms with Gasteiger partial charge in [-0.05, 0) is 98.6 Å². The van der Waals surface area contributed by atoms with Gasteiger partial charge in [-0.3, -0.25) is 4.90 Å². The number of aromatic nitrogens is 2. The van der Waals surface area contributed by atoms with E-state index in [-0.39, 0.29) is 11.9 Å². The van der Waals surface area contributed by atoms with E-state index in [9.17, 15) is 4.39 Å². The van der Waals surface area contributed by atoms with Gasteiger partial charge in [0.1, 0.15) is 5.82 Å². The predicted octanol–water partition coefficient (Wildman–Crippen LogP) is 6.67. The lowest BCUT2D eigenvalue weighted by Crippen LogP contribution is -2.46. The van der Waals surface area contributed by atoms with E-state index in [1.807, 2.05) is 24.0 Å². The highest BCUT2D eigenvalue weighted by Gasteiger charge is 2.35. The fourth-order valence-corrected chi connectivity index (χ4v) is 4.70. The Labute approximate surface area is 209 Å². The lowest BCUT2D eigenvalue weighted by molar-refractivity contribution is 0.404. The third-order valence-corrected chi connectivity index (χ3v) is 6.67. The average Bonchev–Trinajstić information content (AvgIpc) is 3.31. The molecule has 1 aliphatic rings. The lowest BCUT2D eigenvalue weighted by Gasteiger charge is -2.37. The Morgan fingerprint density at radius 2 is 1.71 bits per heavy atom. The monoisotopic (exact) mass is 484 g/mol. The van der Waals surface area contributed by atoms with Crippen LogP contribution in [0.3, 0.4) is 0 Å². The normalized spacial score (nSPS) is 16.0. The van der Waals surface area contributed by atoms with Crippen molar-refractivity contribution in [2.75, 3.05) is 4.90 Å². The van der Waals surface area contributed by atoms with Gasteiger partial charge in [0.2, 0.25) is 5.82 Å². The highest BCUT2D eigenvalue weighted by molar-refractivity contribution is 7.80. The lowest BCUT2D eigenvalue weighted by atomic mass is 9.92. The van der Waals surface area contributed by atoms with Crippen molar-refractivity contribution >= 4 is 28.6 Å². The molecule has 1 aromatic heterocycles. The molecule has 0 amide bonds. The number of hydrogen-bond acceptors (Lipinski definition) is 4.